The summed E-state index contributed by atoms with van der Waals surface area (Å²) in [7, 11) is 0. The van der Waals surface area contributed by atoms with E-state index in [1.54, 1.807) is 0 Å². The van der Waals surface area contributed by atoms with Crippen LogP contribution >= 0.6 is 12.4 Å². The number of carbonyl (C=O) groups is 1. The molecule has 0 radical (unpaired) electrons. The summed E-state index contributed by atoms with van der Waals surface area (Å²) in [6.45, 7) is -0.197. The molecule has 1 aromatic carbocycles. The van der Waals surface area contributed by atoms with Gasteiger partial charge in [-0.05, 0) is 18.4 Å². The molecule has 0 saturated carbocycles. The number of piperidine rings is 1. The summed E-state index contributed by atoms with van der Waals surface area (Å²) < 4.78 is 37.0. The maximum atomic E-state index is 12.3. The third kappa shape index (κ3) is 7.07. The molecular weight excluding hydrogens is 343 g/mol. The highest BCUT2D eigenvalue weighted by Crippen LogP contribution is 2.20. The molecule has 24 heavy (non-hydrogen) atoms. The van der Waals surface area contributed by atoms with Gasteiger partial charge < -0.3 is 11.1 Å². The Labute approximate surface area is 146 Å². The average molecular weight is 366 g/mol. The third-order valence-corrected chi connectivity index (χ3v) is 3.99. The first-order valence-corrected chi connectivity index (χ1v) is 7.72. The molecule has 1 unspecified atom stereocenters. The number of alkyl halides is 3. The van der Waals surface area contributed by atoms with E-state index in [1.807, 2.05) is 30.3 Å². The van der Waals surface area contributed by atoms with Crippen molar-refractivity contribution >= 4 is 18.3 Å². The van der Waals surface area contributed by atoms with E-state index in [0.29, 0.717) is 25.9 Å². The van der Waals surface area contributed by atoms with Gasteiger partial charge in [0.15, 0.2) is 0 Å². The fraction of sp³-hybridized carbons (Fsp3) is 0.562. The molecule has 3 N–H and O–H groups in total. The monoisotopic (exact) mass is 365 g/mol. The Hall–Kier alpha value is -1.31. The minimum absolute atomic E-state index is 0. The van der Waals surface area contributed by atoms with Gasteiger partial charge in [-0.2, -0.15) is 13.2 Å². The van der Waals surface area contributed by atoms with Gasteiger partial charge in [-0.25, -0.2) is 0 Å². The predicted octanol–water partition coefficient (Wildman–Crippen LogP) is 2.64. The van der Waals surface area contributed by atoms with Crippen molar-refractivity contribution in [1.82, 2.24) is 10.2 Å². The third-order valence-electron chi connectivity index (χ3n) is 3.99. The largest absolute Gasteiger partial charge is 0.401 e. The standard InChI is InChI=1S/C16H22F3N3O.ClH/c17-16(18,19)11-22-8-6-13(7-9-22)21-15(23)10-14(20)12-4-2-1-3-5-12;/h1-5,13-14H,6-11,20H2,(H,21,23);1H. The van der Waals surface area contributed by atoms with Gasteiger partial charge in [0.05, 0.1) is 6.54 Å². The van der Waals surface area contributed by atoms with Crippen LogP contribution in [0.15, 0.2) is 30.3 Å². The molecule has 0 bridgehead atoms. The number of benzene rings is 1. The second kappa shape index (κ2) is 9.25. The molecule has 0 aromatic heterocycles. The Morgan fingerprint density at radius 3 is 2.38 bits per heavy atom. The van der Waals surface area contributed by atoms with E-state index in [9.17, 15) is 18.0 Å². The summed E-state index contributed by atoms with van der Waals surface area (Å²) in [5.74, 6) is -0.157. The number of nitrogens with one attached hydrogen (secondary N) is 1. The molecular formula is C16H23ClF3N3O. The highest BCUT2D eigenvalue weighted by Gasteiger charge is 2.32. The van der Waals surface area contributed by atoms with E-state index in [2.05, 4.69) is 5.32 Å². The quantitative estimate of drug-likeness (QED) is 0.843. The van der Waals surface area contributed by atoms with Crippen LogP contribution in [0.2, 0.25) is 0 Å². The number of hydrogen-bond donors (Lipinski definition) is 2. The second-order valence-corrected chi connectivity index (χ2v) is 5.95. The Kier molecular flexibility index (Phi) is 7.99. The van der Waals surface area contributed by atoms with Crippen LogP contribution < -0.4 is 11.1 Å². The van der Waals surface area contributed by atoms with Crippen molar-refractivity contribution in [3.8, 4) is 0 Å². The molecule has 1 heterocycles. The number of nitrogens with zero attached hydrogens (tertiary/aromatic N) is 1. The Morgan fingerprint density at radius 1 is 1.25 bits per heavy atom. The molecule has 2 rings (SSSR count). The molecule has 0 aliphatic carbocycles. The van der Waals surface area contributed by atoms with E-state index in [4.69, 9.17) is 5.73 Å². The zero-order valence-corrected chi connectivity index (χ0v) is 14.1. The smallest absolute Gasteiger partial charge is 0.353 e. The number of carbonyl (C=O) groups excluding carboxylic acids is 1. The van der Waals surface area contributed by atoms with Crippen molar-refractivity contribution in [2.45, 2.75) is 37.5 Å². The highest BCUT2D eigenvalue weighted by molar-refractivity contribution is 5.85. The van der Waals surface area contributed by atoms with Gasteiger partial charge in [-0.3, -0.25) is 9.69 Å². The van der Waals surface area contributed by atoms with Crippen LogP contribution in [0.1, 0.15) is 30.9 Å². The van der Waals surface area contributed by atoms with Gasteiger partial charge >= 0.3 is 6.18 Å². The van der Waals surface area contributed by atoms with E-state index in [0.717, 1.165) is 5.56 Å². The number of nitrogens with two attached hydrogens (primary N) is 1. The first kappa shape index (κ1) is 20.7. The van der Waals surface area contributed by atoms with Gasteiger partial charge in [0, 0.05) is 31.6 Å². The van der Waals surface area contributed by atoms with Crippen LogP contribution in [0, 0.1) is 0 Å². The molecule has 1 saturated heterocycles. The maximum Gasteiger partial charge on any atom is 0.401 e. The van der Waals surface area contributed by atoms with Gasteiger partial charge in [0.1, 0.15) is 0 Å². The molecule has 1 aliphatic heterocycles. The van der Waals surface area contributed by atoms with Gasteiger partial charge in [-0.15, -0.1) is 12.4 Å². The number of halogens is 4. The first-order chi connectivity index (χ1) is 10.8. The molecule has 8 heteroatoms. The topological polar surface area (TPSA) is 58.4 Å². The first-order valence-electron chi connectivity index (χ1n) is 7.72. The molecule has 1 amide bonds. The number of rotatable bonds is 5. The minimum Gasteiger partial charge on any atom is -0.353 e. The molecule has 4 nitrogen and oxygen atoms in total. The maximum absolute atomic E-state index is 12.3. The minimum atomic E-state index is -4.17. The van der Waals surface area contributed by atoms with Gasteiger partial charge in [0.2, 0.25) is 5.91 Å². The summed E-state index contributed by atoms with van der Waals surface area (Å²) in [6, 6.07) is 8.90. The highest BCUT2D eigenvalue weighted by atomic mass is 35.5. The van der Waals surface area contributed by atoms with Crippen LogP contribution in [0.3, 0.4) is 0 Å². The zero-order valence-electron chi connectivity index (χ0n) is 13.3. The zero-order chi connectivity index (χ0) is 16.9. The molecule has 136 valence electrons. The summed E-state index contributed by atoms with van der Waals surface area (Å²) in [6.07, 6.45) is -2.93. The van der Waals surface area contributed by atoms with Gasteiger partial charge in [0.25, 0.3) is 0 Å². The van der Waals surface area contributed by atoms with Crippen molar-refractivity contribution < 1.29 is 18.0 Å². The van der Waals surface area contributed by atoms with E-state index in [-0.39, 0.29) is 36.8 Å². The molecule has 0 spiro atoms. The van der Waals surface area contributed by atoms with Crippen LogP contribution in [0.25, 0.3) is 0 Å². The number of likely N-dealkylation sites (tertiary alicyclic amines) is 1. The number of amides is 1. The molecule has 1 atom stereocenters. The van der Waals surface area contributed by atoms with Crippen LogP contribution in [-0.2, 0) is 4.79 Å². The van der Waals surface area contributed by atoms with E-state index < -0.39 is 12.7 Å². The summed E-state index contributed by atoms with van der Waals surface area (Å²) in [5.41, 5.74) is 6.89. The van der Waals surface area contributed by atoms with E-state index >= 15 is 0 Å². The van der Waals surface area contributed by atoms with Crippen molar-refractivity contribution in [2.24, 2.45) is 5.73 Å². The fourth-order valence-electron chi connectivity index (χ4n) is 2.79. The Bertz CT molecular complexity index is 505. The lowest BCUT2D eigenvalue weighted by atomic mass is 10.0. The lowest BCUT2D eigenvalue weighted by molar-refractivity contribution is -0.148. The second-order valence-electron chi connectivity index (χ2n) is 5.95. The van der Waals surface area contributed by atoms with E-state index in [1.165, 1.54) is 4.90 Å². The Balaban J connectivity index is 0.00000288. The lowest BCUT2D eigenvalue weighted by Gasteiger charge is -2.32. The van der Waals surface area contributed by atoms with Crippen molar-refractivity contribution in [3.63, 3.8) is 0 Å². The average Bonchev–Trinajstić information content (AvgIpc) is 2.48. The van der Waals surface area contributed by atoms with Gasteiger partial charge in [-0.1, -0.05) is 30.3 Å². The van der Waals surface area contributed by atoms with Crippen molar-refractivity contribution in [1.29, 1.82) is 0 Å². The SMILES string of the molecule is Cl.NC(CC(=O)NC1CCN(CC(F)(F)F)CC1)c1ccccc1. The summed E-state index contributed by atoms with van der Waals surface area (Å²) >= 11 is 0. The number of hydrogen-bond acceptors (Lipinski definition) is 3. The summed E-state index contributed by atoms with van der Waals surface area (Å²) in [5, 5.41) is 2.88. The molecule has 1 fully saturated rings. The van der Waals surface area contributed by atoms with Crippen molar-refractivity contribution in [3.05, 3.63) is 35.9 Å². The van der Waals surface area contributed by atoms with Crippen molar-refractivity contribution in [2.75, 3.05) is 19.6 Å². The summed E-state index contributed by atoms with van der Waals surface area (Å²) in [4.78, 5) is 13.4. The van der Waals surface area contributed by atoms with Crippen LogP contribution in [0.4, 0.5) is 13.2 Å². The van der Waals surface area contributed by atoms with Crippen LogP contribution in [-0.4, -0.2) is 42.7 Å². The lowest BCUT2D eigenvalue weighted by Crippen LogP contribution is -2.47. The predicted molar refractivity (Wildman–Crippen MR) is 88.9 cm³/mol. The molecule has 1 aliphatic rings. The Morgan fingerprint density at radius 2 is 1.83 bits per heavy atom. The normalized spacial score (nSPS) is 17.8. The van der Waals surface area contributed by atoms with Crippen LogP contribution in [0.5, 0.6) is 0 Å². The molecule has 1 aromatic rings. The fourth-order valence-corrected chi connectivity index (χ4v) is 2.79.